The molecule has 0 bridgehead atoms. The van der Waals surface area contributed by atoms with E-state index in [2.05, 4.69) is 20.6 Å². The number of hydrogen-bond acceptors (Lipinski definition) is 10. The summed E-state index contributed by atoms with van der Waals surface area (Å²) in [7, 11) is 0. The lowest BCUT2D eigenvalue weighted by molar-refractivity contribution is -0.139. The predicted molar refractivity (Wildman–Crippen MR) is 116 cm³/mol. The van der Waals surface area contributed by atoms with Gasteiger partial charge in [-0.25, -0.2) is 4.68 Å². The lowest BCUT2D eigenvalue weighted by atomic mass is 10.3. The number of benzene rings is 1. The van der Waals surface area contributed by atoms with Gasteiger partial charge in [-0.15, -0.1) is 10.2 Å². The Morgan fingerprint density at radius 2 is 1.97 bits per heavy atom. The number of thioether (sulfide) groups is 1. The number of amides is 1. The Morgan fingerprint density at radius 3 is 2.74 bits per heavy atom. The van der Waals surface area contributed by atoms with Crippen LogP contribution in [0.3, 0.4) is 0 Å². The summed E-state index contributed by atoms with van der Waals surface area (Å²) in [4.78, 5) is 35.9. The Kier molecular flexibility index (Phi) is 8.12. The number of carbonyl (C=O) groups excluding carboxylic acids is 2. The van der Waals surface area contributed by atoms with Crippen LogP contribution in [-0.4, -0.2) is 50.8 Å². The van der Waals surface area contributed by atoms with E-state index in [1.165, 1.54) is 28.6 Å². The average Bonchev–Trinajstić information content (AvgIpc) is 3.22. The Labute approximate surface area is 185 Å². The van der Waals surface area contributed by atoms with Crippen LogP contribution >= 0.6 is 23.1 Å². The summed E-state index contributed by atoms with van der Waals surface area (Å²) in [6, 6.07) is 11.8. The minimum Gasteiger partial charge on any atom is -0.492 e. The topological polar surface area (TPSA) is 125 Å². The zero-order valence-electron chi connectivity index (χ0n) is 16.5. The lowest BCUT2D eigenvalue weighted by Gasteiger charge is -2.08. The van der Waals surface area contributed by atoms with Gasteiger partial charge in [-0.05, 0) is 25.1 Å². The summed E-state index contributed by atoms with van der Waals surface area (Å²) in [5.41, 5.74) is -0.294. The third kappa shape index (κ3) is 6.89. The van der Waals surface area contributed by atoms with Crippen molar-refractivity contribution >= 4 is 40.1 Å². The first-order chi connectivity index (χ1) is 15.0. The number of esters is 1. The molecule has 0 spiro atoms. The van der Waals surface area contributed by atoms with Crippen molar-refractivity contribution in [2.24, 2.45) is 0 Å². The molecule has 0 aliphatic heterocycles. The van der Waals surface area contributed by atoms with Crippen LogP contribution in [0.1, 0.15) is 17.4 Å². The molecule has 1 N–H and O–H groups in total. The summed E-state index contributed by atoms with van der Waals surface area (Å²) < 4.78 is 12.1. The zero-order valence-corrected chi connectivity index (χ0v) is 18.1. The van der Waals surface area contributed by atoms with Crippen LogP contribution in [0.25, 0.3) is 0 Å². The standard InChI is InChI=1S/C19H19N5O5S2/c1-2-28-16(26)12-30-19-22-21-18(31-19)20-17(27)14-8-9-15(25)24(23-14)10-11-29-13-6-4-3-5-7-13/h3-9H,2,10-12H2,1H3,(H,20,21,27). The van der Waals surface area contributed by atoms with Gasteiger partial charge in [0.2, 0.25) is 5.13 Å². The number of hydrogen-bond donors (Lipinski definition) is 1. The van der Waals surface area contributed by atoms with Gasteiger partial charge >= 0.3 is 5.97 Å². The molecule has 0 unspecified atom stereocenters. The summed E-state index contributed by atoms with van der Waals surface area (Å²) in [6.07, 6.45) is 0. The minimum atomic E-state index is -0.532. The van der Waals surface area contributed by atoms with Crippen molar-refractivity contribution in [2.45, 2.75) is 17.8 Å². The molecule has 0 saturated carbocycles. The normalized spacial score (nSPS) is 10.5. The van der Waals surface area contributed by atoms with E-state index in [-0.39, 0.29) is 41.3 Å². The van der Waals surface area contributed by atoms with Gasteiger partial charge in [-0.1, -0.05) is 41.3 Å². The van der Waals surface area contributed by atoms with Crippen LogP contribution in [0.2, 0.25) is 0 Å². The van der Waals surface area contributed by atoms with Crippen molar-refractivity contribution in [1.29, 1.82) is 0 Å². The van der Waals surface area contributed by atoms with E-state index in [4.69, 9.17) is 9.47 Å². The quantitative estimate of drug-likeness (QED) is 0.274. The van der Waals surface area contributed by atoms with Crippen molar-refractivity contribution in [3.63, 3.8) is 0 Å². The fourth-order valence-corrected chi connectivity index (χ4v) is 3.84. The van der Waals surface area contributed by atoms with E-state index >= 15 is 0 Å². The molecule has 0 aliphatic carbocycles. The first kappa shape index (κ1) is 22.4. The van der Waals surface area contributed by atoms with Crippen LogP contribution in [0.15, 0.2) is 51.6 Å². The maximum Gasteiger partial charge on any atom is 0.316 e. The Bertz CT molecular complexity index is 1090. The molecule has 0 saturated heterocycles. The molecule has 2 heterocycles. The van der Waals surface area contributed by atoms with E-state index in [1.807, 2.05) is 18.2 Å². The average molecular weight is 462 g/mol. The van der Waals surface area contributed by atoms with Crippen molar-refractivity contribution in [2.75, 3.05) is 24.3 Å². The third-order valence-corrected chi connectivity index (χ3v) is 5.61. The van der Waals surface area contributed by atoms with Crippen molar-refractivity contribution in [3.8, 4) is 5.75 Å². The van der Waals surface area contributed by atoms with Gasteiger partial charge in [-0.2, -0.15) is 5.10 Å². The van der Waals surface area contributed by atoms with Gasteiger partial charge in [0.05, 0.1) is 18.9 Å². The van der Waals surface area contributed by atoms with E-state index in [9.17, 15) is 14.4 Å². The minimum absolute atomic E-state index is 0.0511. The van der Waals surface area contributed by atoms with Crippen LogP contribution in [0.4, 0.5) is 5.13 Å². The fraction of sp³-hybridized carbons (Fsp3) is 0.263. The predicted octanol–water partition coefficient (Wildman–Crippen LogP) is 2.08. The van der Waals surface area contributed by atoms with Crippen molar-refractivity contribution in [3.05, 3.63) is 58.5 Å². The smallest absolute Gasteiger partial charge is 0.316 e. The highest BCUT2D eigenvalue weighted by Crippen LogP contribution is 2.25. The van der Waals surface area contributed by atoms with Crippen LogP contribution < -0.4 is 15.6 Å². The van der Waals surface area contributed by atoms with Gasteiger partial charge in [-0.3, -0.25) is 19.7 Å². The maximum absolute atomic E-state index is 12.5. The molecule has 162 valence electrons. The number of para-hydroxylation sites is 1. The highest BCUT2D eigenvalue weighted by atomic mass is 32.2. The summed E-state index contributed by atoms with van der Waals surface area (Å²) >= 11 is 2.29. The second-order valence-corrected chi connectivity index (χ2v) is 8.06. The number of anilines is 1. The number of rotatable bonds is 10. The highest BCUT2D eigenvalue weighted by Gasteiger charge is 2.14. The van der Waals surface area contributed by atoms with E-state index in [0.717, 1.165) is 11.3 Å². The molecule has 1 aromatic carbocycles. The first-order valence-corrected chi connectivity index (χ1v) is 11.0. The van der Waals surface area contributed by atoms with Crippen LogP contribution in [-0.2, 0) is 16.1 Å². The Morgan fingerprint density at radius 1 is 1.16 bits per heavy atom. The SMILES string of the molecule is CCOC(=O)CSc1nnc(NC(=O)c2ccc(=O)n(CCOc3ccccc3)n2)s1. The number of nitrogens with zero attached hydrogens (tertiary/aromatic N) is 4. The molecule has 0 aliphatic rings. The number of nitrogens with one attached hydrogen (secondary N) is 1. The van der Waals surface area contributed by atoms with Crippen molar-refractivity contribution in [1.82, 2.24) is 20.0 Å². The molecular weight excluding hydrogens is 442 g/mol. The number of ether oxygens (including phenoxy) is 2. The number of aromatic nitrogens is 4. The summed E-state index contributed by atoms with van der Waals surface area (Å²) in [6.45, 7) is 2.45. The molecule has 3 aromatic rings. The van der Waals surface area contributed by atoms with E-state index in [0.29, 0.717) is 16.7 Å². The Hall–Kier alpha value is -3.25. The molecule has 0 atom stereocenters. The van der Waals surface area contributed by atoms with E-state index < -0.39 is 5.91 Å². The summed E-state index contributed by atoms with van der Waals surface area (Å²) in [5.74, 6) is -0.0993. The molecular formula is C19H19N5O5S2. The molecule has 2 aromatic heterocycles. The zero-order chi connectivity index (χ0) is 22.1. The van der Waals surface area contributed by atoms with E-state index in [1.54, 1.807) is 19.1 Å². The Balaban J connectivity index is 1.56. The maximum atomic E-state index is 12.5. The first-order valence-electron chi connectivity index (χ1n) is 9.24. The lowest BCUT2D eigenvalue weighted by Crippen LogP contribution is -2.28. The van der Waals surface area contributed by atoms with Gasteiger partial charge in [0.15, 0.2) is 4.34 Å². The van der Waals surface area contributed by atoms with Gasteiger partial charge < -0.3 is 9.47 Å². The molecule has 0 fully saturated rings. The third-order valence-electron chi connectivity index (χ3n) is 3.66. The second-order valence-electron chi connectivity index (χ2n) is 5.86. The molecule has 1 amide bonds. The molecule has 3 rings (SSSR count). The molecule has 12 heteroatoms. The van der Waals surface area contributed by atoms with Gasteiger partial charge in [0.1, 0.15) is 18.1 Å². The van der Waals surface area contributed by atoms with Crippen LogP contribution in [0.5, 0.6) is 5.75 Å². The monoisotopic (exact) mass is 461 g/mol. The fourth-order valence-electron chi connectivity index (χ4n) is 2.30. The molecule has 10 nitrogen and oxygen atoms in total. The number of carbonyl (C=O) groups is 2. The van der Waals surface area contributed by atoms with Gasteiger partial charge in [0, 0.05) is 6.07 Å². The molecule has 0 radical (unpaired) electrons. The summed E-state index contributed by atoms with van der Waals surface area (Å²) in [5, 5.41) is 14.7. The molecule has 31 heavy (non-hydrogen) atoms. The largest absolute Gasteiger partial charge is 0.492 e. The van der Waals surface area contributed by atoms with Crippen LogP contribution in [0, 0.1) is 0 Å². The highest BCUT2D eigenvalue weighted by molar-refractivity contribution is 8.01. The van der Waals surface area contributed by atoms with Crippen molar-refractivity contribution < 1.29 is 19.1 Å². The second kappa shape index (κ2) is 11.2. The van der Waals surface area contributed by atoms with Gasteiger partial charge in [0.25, 0.3) is 11.5 Å².